The van der Waals surface area contributed by atoms with Gasteiger partial charge in [-0.05, 0) is 64.0 Å². The van der Waals surface area contributed by atoms with Crippen molar-refractivity contribution in [3.8, 4) is 33.4 Å². The lowest BCUT2D eigenvalue weighted by Crippen LogP contribution is -2.11. The lowest BCUT2D eigenvalue weighted by Gasteiger charge is -2.28. The van der Waals surface area contributed by atoms with Crippen LogP contribution in [-0.4, -0.2) is 0 Å². The highest BCUT2D eigenvalue weighted by molar-refractivity contribution is 6.17. The normalized spacial score (nSPS) is 15.1. The molecular formula is C46H31NO. The fourth-order valence-corrected chi connectivity index (χ4v) is 6.04. The van der Waals surface area contributed by atoms with Gasteiger partial charge in [0.2, 0.25) is 0 Å². The Bertz CT molecular complexity index is 3180. The molecule has 0 aliphatic heterocycles. The van der Waals surface area contributed by atoms with Crippen molar-refractivity contribution in [3.05, 3.63) is 188 Å². The first-order chi connectivity index (χ1) is 29.2. The summed E-state index contributed by atoms with van der Waals surface area (Å²) in [4.78, 5) is 1.63. The molecule has 0 aliphatic carbocycles. The quantitative estimate of drug-likeness (QED) is 0.183. The summed E-state index contributed by atoms with van der Waals surface area (Å²) in [6, 6.07) is 26.5. The fourth-order valence-electron chi connectivity index (χ4n) is 6.04. The van der Waals surface area contributed by atoms with Crippen LogP contribution in [0.15, 0.2) is 192 Å². The molecule has 2 nitrogen and oxygen atoms in total. The molecule has 9 aromatic rings. The second-order valence-electron chi connectivity index (χ2n) is 11.1. The topological polar surface area (TPSA) is 16.4 Å². The lowest BCUT2D eigenvalue weighted by molar-refractivity contribution is 0.674. The predicted molar refractivity (Wildman–Crippen MR) is 202 cm³/mol. The molecule has 0 amide bonds. The third-order valence-corrected chi connectivity index (χ3v) is 8.34. The van der Waals surface area contributed by atoms with Gasteiger partial charge in [-0.3, -0.25) is 0 Å². The van der Waals surface area contributed by atoms with Gasteiger partial charge in [-0.1, -0.05) is 151 Å². The molecule has 1 aromatic heterocycles. The van der Waals surface area contributed by atoms with Crippen molar-refractivity contribution < 1.29 is 22.2 Å². The molecule has 226 valence electrons. The summed E-state index contributed by atoms with van der Waals surface area (Å²) in [6.07, 6.45) is 0. The first-order valence-electron chi connectivity index (χ1n) is 21.8. The smallest absolute Gasteiger partial charge is 0.143 e. The van der Waals surface area contributed by atoms with Crippen molar-refractivity contribution in [2.75, 3.05) is 4.90 Å². The van der Waals surface area contributed by atoms with E-state index in [4.69, 9.17) is 18.1 Å². The molecule has 1 heterocycles. The fraction of sp³-hybridized carbons (Fsp3) is 0. The minimum atomic E-state index is -0.657. The van der Waals surface area contributed by atoms with Crippen LogP contribution in [0, 0.1) is 0 Å². The van der Waals surface area contributed by atoms with Crippen LogP contribution in [0.5, 0.6) is 0 Å². The second-order valence-corrected chi connectivity index (χ2v) is 11.1. The number of fused-ring (bicyclic) bond motifs is 5. The highest BCUT2D eigenvalue weighted by Crippen LogP contribution is 2.45. The van der Waals surface area contributed by atoms with Gasteiger partial charge in [0.15, 0.2) is 0 Å². The number of benzene rings is 8. The summed E-state index contributed by atoms with van der Waals surface area (Å²) < 4.78 is 123. The zero-order valence-electron chi connectivity index (χ0n) is 38.2. The van der Waals surface area contributed by atoms with Crippen molar-refractivity contribution in [2.45, 2.75) is 0 Å². The van der Waals surface area contributed by atoms with E-state index in [0.29, 0.717) is 11.4 Å². The second kappa shape index (κ2) is 11.8. The summed E-state index contributed by atoms with van der Waals surface area (Å²) >= 11 is 0. The highest BCUT2D eigenvalue weighted by atomic mass is 16.3. The standard InChI is InChI=1S/C46H31NO/c1-3-12-32(13-4-1)34-22-27-37(28-23-34)47(38-29-24-35(25-30-38)33-14-5-2-6-15-33)44-21-10-9-18-40(44)41-19-11-20-42-43-31-26-36-16-7-8-17-39(36)45(43)48-46(41)42/h1-31H/i7D,8D,9D,10D,11D,16D,17D,18D,19D,20D,21D,26D,31D. The van der Waals surface area contributed by atoms with Gasteiger partial charge in [0.05, 0.1) is 23.5 Å². The Morgan fingerprint density at radius 2 is 0.917 bits per heavy atom. The Balaban J connectivity index is 1.41. The average Bonchev–Trinajstić information content (AvgIpc) is 3.68. The predicted octanol–water partition coefficient (Wildman–Crippen LogP) is 13.2. The molecular weight excluding hydrogens is 583 g/mol. The Morgan fingerprint density at radius 3 is 1.58 bits per heavy atom. The minimum absolute atomic E-state index is 0.114. The van der Waals surface area contributed by atoms with Crippen LogP contribution in [-0.2, 0) is 0 Å². The zero-order chi connectivity index (χ0) is 43.2. The maximum absolute atomic E-state index is 9.51. The van der Waals surface area contributed by atoms with E-state index in [1.54, 1.807) is 29.2 Å². The van der Waals surface area contributed by atoms with Gasteiger partial charge in [-0.25, -0.2) is 0 Å². The average molecular weight is 627 g/mol. The van der Waals surface area contributed by atoms with Crippen LogP contribution in [0.25, 0.3) is 66.1 Å². The molecule has 2 heteroatoms. The van der Waals surface area contributed by atoms with Gasteiger partial charge in [0.25, 0.3) is 0 Å². The molecule has 0 N–H and O–H groups in total. The van der Waals surface area contributed by atoms with Gasteiger partial charge in [0, 0.05) is 38.7 Å². The number of furan rings is 1. The number of hydrogen-bond donors (Lipinski definition) is 0. The summed E-state index contributed by atoms with van der Waals surface area (Å²) in [7, 11) is 0. The van der Waals surface area contributed by atoms with Gasteiger partial charge < -0.3 is 9.32 Å². The van der Waals surface area contributed by atoms with Crippen LogP contribution in [0.1, 0.15) is 17.8 Å². The summed E-state index contributed by atoms with van der Waals surface area (Å²) in [5.74, 6) is 0. The van der Waals surface area contributed by atoms with Crippen LogP contribution in [0.3, 0.4) is 0 Å². The summed E-state index contributed by atoms with van der Waals surface area (Å²) in [6.45, 7) is 0. The third kappa shape index (κ3) is 4.83. The van der Waals surface area contributed by atoms with Gasteiger partial charge in [-0.15, -0.1) is 0 Å². The lowest BCUT2D eigenvalue weighted by atomic mass is 9.98. The molecule has 0 radical (unpaired) electrons. The number of anilines is 3. The molecule has 0 atom stereocenters. The first-order valence-corrected chi connectivity index (χ1v) is 15.3. The van der Waals surface area contributed by atoms with E-state index in [9.17, 15) is 4.11 Å². The molecule has 0 saturated carbocycles. The molecule has 0 saturated heterocycles. The molecule has 0 bridgehead atoms. The van der Waals surface area contributed by atoms with Crippen LogP contribution >= 0.6 is 0 Å². The number of hydrogen-bond acceptors (Lipinski definition) is 2. The Hall–Kier alpha value is -6.38. The van der Waals surface area contributed by atoms with Gasteiger partial charge in [-0.2, -0.15) is 0 Å². The van der Waals surface area contributed by atoms with E-state index in [1.807, 2.05) is 84.9 Å². The highest BCUT2D eigenvalue weighted by Gasteiger charge is 2.21. The first kappa shape index (κ1) is 17.5. The Morgan fingerprint density at radius 1 is 0.396 bits per heavy atom. The molecule has 9 rings (SSSR count). The monoisotopic (exact) mass is 626 g/mol. The van der Waals surface area contributed by atoms with Crippen LogP contribution in [0.2, 0.25) is 0 Å². The van der Waals surface area contributed by atoms with E-state index in [1.165, 1.54) is 0 Å². The molecule has 8 aromatic carbocycles. The van der Waals surface area contributed by atoms with Gasteiger partial charge >= 0.3 is 0 Å². The van der Waals surface area contributed by atoms with Crippen LogP contribution < -0.4 is 4.90 Å². The molecule has 0 aliphatic rings. The van der Waals surface area contributed by atoms with E-state index in [2.05, 4.69) is 0 Å². The van der Waals surface area contributed by atoms with Crippen LogP contribution in [0.4, 0.5) is 17.1 Å². The number of rotatable bonds is 6. The van der Waals surface area contributed by atoms with E-state index in [-0.39, 0.29) is 49.5 Å². The summed E-state index contributed by atoms with van der Waals surface area (Å²) in [5, 5.41) is -0.956. The third-order valence-electron chi connectivity index (χ3n) is 8.34. The number of para-hydroxylation sites is 2. The van der Waals surface area contributed by atoms with Crippen molar-refractivity contribution in [1.82, 2.24) is 0 Å². The summed E-state index contributed by atoms with van der Waals surface area (Å²) in [5.41, 5.74) is 3.33. The largest absolute Gasteiger partial charge is 0.455 e. The van der Waals surface area contributed by atoms with E-state index < -0.39 is 78.6 Å². The van der Waals surface area contributed by atoms with Gasteiger partial charge in [0.1, 0.15) is 11.2 Å². The van der Waals surface area contributed by atoms with Crippen molar-refractivity contribution >= 4 is 49.8 Å². The molecule has 0 spiro atoms. The zero-order valence-corrected chi connectivity index (χ0v) is 25.2. The molecule has 48 heavy (non-hydrogen) atoms. The number of nitrogens with zero attached hydrogens (tertiary/aromatic N) is 1. The SMILES string of the molecule is [2H]c1c([2H])c([2H])c(N(c2ccc(-c3ccccc3)cc2)c2ccc(-c3ccccc3)cc2)c(-c2c([2H])c([2H])c([2H])c3c2oc2c4c([2H])c([2H])c([2H])c([2H])c4c([2H])c([2H])c23)c1[2H]. The minimum Gasteiger partial charge on any atom is -0.455 e. The van der Waals surface area contributed by atoms with Crippen molar-refractivity contribution in [3.63, 3.8) is 0 Å². The Kier molecular flexibility index (Phi) is 4.29. The maximum Gasteiger partial charge on any atom is 0.143 e. The molecule has 0 fully saturated rings. The van der Waals surface area contributed by atoms with Crippen molar-refractivity contribution in [1.29, 1.82) is 0 Å². The van der Waals surface area contributed by atoms with Crippen molar-refractivity contribution in [2.24, 2.45) is 0 Å². The maximum atomic E-state index is 9.51. The Labute approximate surface area is 298 Å². The van der Waals surface area contributed by atoms with E-state index >= 15 is 0 Å². The van der Waals surface area contributed by atoms with E-state index in [0.717, 1.165) is 22.3 Å². The molecule has 0 unspecified atom stereocenters.